The Kier molecular flexibility index (Phi) is 4.92. The number of carbonyl (C=O) groups is 3. The molecule has 150 valence electrons. The van der Waals surface area contributed by atoms with Crippen LogP contribution < -0.4 is 15.1 Å². The van der Waals surface area contributed by atoms with E-state index in [9.17, 15) is 14.4 Å². The topological polar surface area (TPSA) is 73.0 Å². The van der Waals surface area contributed by atoms with Crippen molar-refractivity contribution in [1.29, 1.82) is 0 Å². The minimum absolute atomic E-state index is 0.0177. The van der Waals surface area contributed by atoms with E-state index in [1.165, 1.54) is 4.90 Å². The lowest BCUT2D eigenvalue weighted by molar-refractivity contribution is -0.120. The molecule has 2 aliphatic heterocycles. The molecule has 0 aromatic heterocycles. The Bertz CT molecular complexity index is 992. The maximum atomic E-state index is 12.4. The molecule has 0 aliphatic carbocycles. The van der Waals surface area contributed by atoms with Crippen LogP contribution in [-0.4, -0.2) is 49.0 Å². The second-order valence-electron chi connectivity index (χ2n) is 7.32. The van der Waals surface area contributed by atoms with Gasteiger partial charge in [-0.1, -0.05) is 35.9 Å². The molecule has 0 spiro atoms. The number of amides is 5. The van der Waals surface area contributed by atoms with Gasteiger partial charge in [0, 0.05) is 37.8 Å². The zero-order valence-corrected chi connectivity index (χ0v) is 16.9. The molecule has 0 radical (unpaired) electrons. The van der Waals surface area contributed by atoms with E-state index >= 15 is 0 Å². The zero-order valence-electron chi connectivity index (χ0n) is 16.2. The molecule has 0 saturated carbocycles. The Labute approximate surface area is 173 Å². The molecular weight excluding hydrogens is 392 g/mol. The Morgan fingerprint density at radius 2 is 1.79 bits per heavy atom. The Morgan fingerprint density at radius 1 is 1.07 bits per heavy atom. The first-order chi connectivity index (χ1) is 13.9. The predicted octanol–water partition coefficient (Wildman–Crippen LogP) is 3.71. The highest BCUT2D eigenvalue weighted by Crippen LogP contribution is 2.37. The number of halogens is 1. The molecule has 8 heteroatoms. The number of hydrogen-bond acceptors (Lipinski definition) is 3. The third-order valence-electron chi connectivity index (χ3n) is 5.29. The molecular formula is C21H21ClN4O3. The van der Waals surface area contributed by atoms with Crippen molar-refractivity contribution < 1.29 is 14.4 Å². The molecule has 0 bridgehead atoms. The van der Waals surface area contributed by atoms with Crippen LogP contribution in [0.4, 0.5) is 21.0 Å². The number of nitrogens with zero attached hydrogens (tertiary/aromatic N) is 3. The van der Waals surface area contributed by atoms with E-state index in [0.29, 0.717) is 17.3 Å². The number of urea groups is 2. The second-order valence-corrected chi connectivity index (χ2v) is 7.70. The van der Waals surface area contributed by atoms with Crippen molar-refractivity contribution in [2.24, 2.45) is 0 Å². The maximum absolute atomic E-state index is 12.4. The van der Waals surface area contributed by atoms with E-state index in [4.69, 9.17) is 11.6 Å². The van der Waals surface area contributed by atoms with Crippen molar-refractivity contribution in [2.45, 2.75) is 19.4 Å². The van der Waals surface area contributed by atoms with Gasteiger partial charge in [-0.3, -0.25) is 19.9 Å². The summed E-state index contributed by atoms with van der Waals surface area (Å²) >= 11 is 6.63. The molecule has 5 amide bonds. The fourth-order valence-electron chi connectivity index (χ4n) is 3.84. The average Bonchev–Trinajstić information content (AvgIpc) is 2.94. The van der Waals surface area contributed by atoms with Crippen LogP contribution in [-0.2, 0) is 4.79 Å². The van der Waals surface area contributed by atoms with E-state index in [0.717, 1.165) is 16.8 Å². The summed E-state index contributed by atoms with van der Waals surface area (Å²) in [5.74, 6) is -0.287. The van der Waals surface area contributed by atoms with Crippen LogP contribution in [0.15, 0.2) is 42.5 Å². The Morgan fingerprint density at radius 3 is 2.41 bits per heavy atom. The maximum Gasteiger partial charge on any atom is 0.328 e. The van der Waals surface area contributed by atoms with Gasteiger partial charge in [-0.2, -0.15) is 0 Å². The van der Waals surface area contributed by atoms with Crippen molar-refractivity contribution in [3.05, 3.63) is 47.5 Å². The van der Waals surface area contributed by atoms with E-state index < -0.39 is 6.03 Å². The van der Waals surface area contributed by atoms with Gasteiger partial charge in [-0.25, -0.2) is 9.59 Å². The van der Waals surface area contributed by atoms with Gasteiger partial charge >= 0.3 is 12.1 Å². The first kappa shape index (κ1) is 19.3. The highest BCUT2D eigenvalue weighted by atomic mass is 35.5. The summed E-state index contributed by atoms with van der Waals surface area (Å²) in [7, 11) is 1.79. The summed E-state index contributed by atoms with van der Waals surface area (Å²) < 4.78 is 0. The number of rotatable bonds is 3. The number of carbonyl (C=O) groups excluding carboxylic acids is 3. The number of hydrogen-bond donors (Lipinski definition) is 1. The van der Waals surface area contributed by atoms with Gasteiger partial charge in [-0.15, -0.1) is 0 Å². The van der Waals surface area contributed by atoms with E-state index in [1.807, 2.05) is 43.3 Å². The number of imide groups is 1. The van der Waals surface area contributed by atoms with Crippen molar-refractivity contribution in [3.8, 4) is 11.1 Å². The van der Waals surface area contributed by atoms with Crippen LogP contribution >= 0.6 is 11.6 Å². The number of benzene rings is 2. The summed E-state index contributed by atoms with van der Waals surface area (Å²) in [5.41, 5.74) is 3.04. The zero-order chi connectivity index (χ0) is 20.7. The highest BCUT2D eigenvalue weighted by molar-refractivity contribution is 6.36. The molecule has 1 unspecified atom stereocenters. The molecule has 1 N–H and O–H groups in total. The Hall–Kier alpha value is -3.06. The third-order valence-corrected chi connectivity index (χ3v) is 5.69. The van der Waals surface area contributed by atoms with Crippen LogP contribution in [0.2, 0.25) is 5.02 Å². The smallest absolute Gasteiger partial charge is 0.325 e. The van der Waals surface area contributed by atoms with Crippen molar-refractivity contribution in [3.63, 3.8) is 0 Å². The highest BCUT2D eigenvalue weighted by Gasteiger charge is 2.33. The standard InChI is InChI=1S/C21H21ClN4O3/c1-13-12-24(2)21(29)26(13)15-8-6-14(7-9-15)16-4-3-5-17(19(16)22)25-11-10-18(27)23-20(25)28/h3-9,13H,10-12H2,1-2H3,(H,23,27,28). The van der Waals surface area contributed by atoms with Gasteiger partial charge in [0.05, 0.1) is 16.8 Å². The molecule has 2 aromatic carbocycles. The van der Waals surface area contributed by atoms with Gasteiger partial charge in [0.1, 0.15) is 0 Å². The van der Waals surface area contributed by atoms with Crippen molar-refractivity contribution >= 4 is 40.9 Å². The molecule has 29 heavy (non-hydrogen) atoms. The van der Waals surface area contributed by atoms with Gasteiger partial charge in [0.15, 0.2) is 0 Å². The SMILES string of the molecule is CC1CN(C)C(=O)N1c1ccc(-c2cccc(N3CCC(=O)NC3=O)c2Cl)cc1. The second kappa shape index (κ2) is 7.40. The predicted molar refractivity (Wildman–Crippen MR) is 112 cm³/mol. The molecule has 2 heterocycles. The molecule has 2 saturated heterocycles. The minimum Gasteiger partial charge on any atom is -0.325 e. The third kappa shape index (κ3) is 3.42. The molecule has 2 fully saturated rings. The van der Waals surface area contributed by atoms with Gasteiger partial charge in [0.2, 0.25) is 5.91 Å². The quantitative estimate of drug-likeness (QED) is 0.835. The normalized spacial score (nSPS) is 19.8. The molecule has 1 atom stereocenters. The molecule has 4 rings (SSSR count). The van der Waals surface area contributed by atoms with Crippen molar-refractivity contribution in [1.82, 2.24) is 10.2 Å². The summed E-state index contributed by atoms with van der Waals surface area (Å²) in [5, 5.41) is 2.75. The Balaban J connectivity index is 1.63. The van der Waals surface area contributed by atoms with Gasteiger partial charge in [0.25, 0.3) is 0 Å². The van der Waals surface area contributed by atoms with Crippen LogP contribution in [0.3, 0.4) is 0 Å². The van der Waals surface area contributed by atoms with Crippen LogP contribution in [0, 0.1) is 0 Å². The van der Waals surface area contributed by atoms with E-state index in [1.54, 1.807) is 22.9 Å². The number of nitrogens with one attached hydrogen (secondary N) is 1. The van der Waals surface area contributed by atoms with Gasteiger partial charge < -0.3 is 4.90 Å². The van der Waals surface area contributed by atoms with Crippen LogP contribution in [0.25, 0.3) is 11.1 Å². The summed E-state index contributed by atoms with van der Waals surface area (Å²) in [6.07, 6.45) is 0.234. The lowest BCUT2D eigenvalue weighted by atomic mass is 10.0. The molecule has 2 aliphatic rings. The summed E-state index contributed by atoms with van der Waals surface area (Å²) in [6, 6.07) is 12.7. The van der Waals surface area contributed by atoms with Crippen molar-refractivity contribution in [2.75, 3.05) is 29.9 Å². The first-order valence-corrected chi connectivity index (χ1v) is 9.79. The first-order valence-electron chi connectivity index (χ1n) is 9.41. The summed E-state index contributed by atoms with van der Waals surface area (Å²) in [6.45, 7) is 2.99. The average molecular weight is 413 g/mol. The monoisotopic (exact) mass is 412 g/mol. The fourth-order valence-corrected chi connectivity index (χ4v) is 4.18. The van der Waals surface area contributed by atoms with Crippen LogP contribution in [0.1, 0.15) is 13.3 Å². The minimum atomic E-state index is -0.471. The molecule has 7 nitrogen and oxygen atoms in total. The van der Waals surface area contributed by atoms with E-state index in [2.05, 4.69) is 5.32 Å². The van der Waals surface area contributed by atoms with E-state index in [-0.39, 0.29) is 30.9 Å². The fraction of sp³-hybridized carbons (Fsp3) is 0.286. The lowest BCUT2D eigenvalue weighted by Gasteiger charge is -2.28. The van der Waals surface area contributed by atoms with Gasteiger partial charge in [-0.05, 0) is 30.7 Å². The number of likely N-dealkylation sites (N-methyl/N-ethyl adjacent to an activating group) is 1. The number of anilines is 2. The van der Waals surface area contributed by atoms with Crippen LogP contribution in [0.5, 0.6) is 0 Å². The molecule has 2 aromatic rings. The summed E-state index contributed by atoms with van der Waals surface area (Å²) in [4.78, 5) is 40.9. The lowest BCUT2D eigenvalue weighted by Crippen LogP contribution is -2.49. The largest absolute Gasteiger partial charge is 0.328 e.